The number of likely N-dealkylation sites (N-methyl/N-ethyl adjacent to an activating group) is 2. The molecule has 0 fully saturated rings. The molecular weight excluding hydrogens is 216 g/mol. The minimum Gasteiger partial charge on any atom is -0.390 e. The van der Waals surface area contributed by atoms with Crippen LogP contribution < -0.4 is 10.2 Å². The molecule has 0 saturated heterocycles. The van der Waals surface area contributed by atoms with Crippen molar-refractivity contribution in [3.63, 3.8) is 0 Å². The Balaban J connectivity index is 2.63. The van der Waals surface area contributed by atoms with Crippen LogP contribution in [0.15, 0.2) is 24.3 Å². The summed E-state index contributed by atoms with van der Waals surface area (Å²) < 4.78 is 0. The zero-order valence-corrected chi connectivity index (χ0v) is 10.6. The third kappa shape index (κ3) is 4.17. The molecule has 4 heteroatoms. The van der Waals surface area contributed by atoms with Gasteiger partial charge in [-0.2, -0.15) is 0 Å². The summed E-state index contributed by atoms with van der Waals surface area (Å²) in [5.41, 5.74) is 1.70. The first kappa shape index (κ1) is 13.7. The highest BCUT2D eigenvalue weighted by atomic mass is 16.3. The van der Waals surface area contributed by atoms with Gasteiger partial charge < -0.3 is 15.3 Å². The van der Waals surface area contributed by atoms with Crippen LogP contribution in [0.1, 0.15) is 17.3 Å². The second kappa shape index (κ2) is 6.37. The SMILES string of the molecule is CNCC(O)CN(C)c1ccc(C(C)=O)cc1. The summed E-state index contributed by atoms with van der Waals surface area (Å²) >= 11 is 0. The van der Waals surface area contributed by atoms with Gasteiger partial charge in [0, 0.05) is 31.4 Å². The van der Waals surface area contributed by atoms with Gasteiger partial charge in [0.15, 0.2) is 5.78 Å². The molecule has 0 amide bonds. The van der Waals surface area contributed by atoms with Gasteiger partial charge in [0.1, 0.15) is 0 Å². The molecule has 0 spiro atoms. The van der Waals surface area contributed by atoms with E-state index in [1.54, 1.807) is 19.1 Å². The lowest BCUT2D eigenvalue weighted by atomic mass is 10.1. The first-order valence-corrected chi connectivity index (χ1v) is 5.69. The number of benzene rings is 1. The van der Waals surface area contributed by atoms with Crippen molar-refractivity contribution in [2.75, 3.05) is 32.1 Å². The number of aliphatic hydroxyl groups excluding tert-OH is 1. The number of anilines is 1. The van der Waals surface area contributed by atoms with E-state index in [0.717, 1.165) is 5.69 Å². The highest BCUT2D eigenvalue weighted by Gasteiger charge is 2.08. The quantitative estimate of drug-likeness (QED) is 0.721. The van der Waals surface area contributed by atoms with Crippen molar-refractivity contribution in [2.24, 2.45) is 0 Å². The third-order valence-electron chi connectivity index (χ3n) is 2.64. The minimum atomic E-state index is -0.405. The molecule has 1 rings (SSSR count). The Bertz CT molecular complexity index is 362. The molecule has 0 aliphatic carbocycles. The molecule has 0 bridgehead atoms. The van der Waals surface area contributed by atoms with Crippen molar-refractivity contribution in [1.82, 2.24) is 5.32 Å². The third-order valence-corrected chi connectivity index (χ3v) is 2.64. The summed E-state index contributed by atoms with van der Waals surface area (Å²) in [5, 5.41) is 12.6. The van der Waals surface area contributed by atoms with Gasteiger partial charge in [0.25, 0.3) is 0 Å². The van der Waals surface area contributed by atoms with Gasteiger partial charge >= 0.3 is 0 Å². The van der Waals surface area contributed by atoms with E-state index in [1.807, 2.05) is 31.1 Å². The smallest absolute Gasteiger partial charge is 0.159 e. The summed E-state index contributed by atoms with van der Waals surface area (Å²) in [4.78, 5) is 13.1. The number of rotatable bonds is 6. The molecule has 1 aromatic rings. The van der Waals surface area contributed by atoms with E-state index < -0.39 is 6.10 Å². The summed E-state index contributed by atoms with van der Waals surface area (Å²) in [6, 6.07) is 7.39. The first-order chi connectivity index (χ1) is 8.04. The summed E-state index contributed by atoms with van der Waals surface area (Å²) in [6.45, 7) is 2.67. The van der Waals surface area contributed by atoms with E-state index >= 15 is 0 Å². The highest BCUT2D eigenvalue weighted by molar-refractivity contribution is 5.94. The Morgan fingerprint density at radius 1 is 1.41 bits per heavy atom. The lowest BCUT2D eigenvalue weighted by Crippen LogP contribution is -2.35. The fraction of sp³-hybridized carbons (Fsp3) is 0.462. The lowest BCUT2D eigenvalue weighted by Gasteiger charge is -2.22. The summed E-state index contributed by atoms with van der Waals surface area (Å²) in [6.07, 6.45) is -0.405. The van der Waals surface area contributed by atoms with Gasteiger partial charge in [-0.3, -0.25) is 4.79 Å². The molecule has 1 atom stereocenters. The number of aliphatic hydroxyl groups is 1. The van der Waals surface area contributed by atoms with Crippen LogP contribution in [0.5, 0.6) is 0 Å². The monoisotopic (exact) mass is 236 g/mol. The van der Waals surface area contributed by atoms with Crippen LogP contribution in [0.2, 0.25) is 0 Å². The van der Waals surface area contributed by atoms with Gasteiger partial charge in [-0.05, 0) is 38.2 Å². The van der Waals surface area contributed by atoms with Crippen LogP contribution in [0, 0.1) is 0 Å². The molecule has 0 radical (unpaired) electrons. The maximum absolute atomic E-state index is 11.1. The van der Waals surface area contributed by atoms with E-state index in [0.29, 0.717) is 18.7 Å². The van der Waals surface area contributed by atoms with E-state index in [-0.39, 0.29) is 5.78 Å². The number of nitrogens with zero attached hydrogens (tertiary/aromatic N) is 1. The van der Waals surface area contributed by atoms with Crippen LogP contribution >= 0.6 is 0 Å². The molecule has 1 unspecified atom stereocenters. The van der Waals surface area contributed by atoms with Crippen molar-refractivity contribution in [3.05, 3.63) is 29.8 Å². The van der Waals surface area contributed by atoms with Gasteiger partial charge in [-0.15, -0.1) is 0 Å². The second-order valence-electron chi connectivity index (χ2n) is 4.20. The molecule has 4 nitrogen and oxygen atoms in total. The van der Waals surface area contributed by atoms with Crippen molar-refractivity contribution in [1.29, 1.82) is 0 Å². The largest absolute Gasteiger partial charge is 0.390 e. The van der Waals surface area contributed by atoms with Crippen molar-refractivity contribution in [3.8, 4) is 0 Å². The Morgan fingerprint density at radius 2 is 2.00 bits per heavy atom. The van der Waals surface area contributed by atoms with Crippen LogP contribution in [0.3, 0.4) is 0 Å². The molecule has 94 valence electrons. The predicted octanol–water partition coefficient (Wildman–Crippen LogP) is 0.906. The normalized spacial score (nSPS) is 12.2. The fourth-order valence-corrected chi connectivity index (χ4v) is 1.67. The Morgan fingerprint density at radius 3 is 2.47 bits per heavy atom. The zero-order chi connectivity index (χ0) is 12.8. The number of carbonyl (C=O) groups is 1. The van der Waals surface area contributed by atoms with Crippen molar-refractivity contribution >= 4 is 11.5 Å². The maximum atomic E-state index is 11.1. The van der Waals surface area contributed by atoms with Crippen molar-refractivity contribution < 1.29 is 9.90 Å². The average molecular weight is 236 g/mol. The second-order valence-corrected chi connectivity index (χ2v) is 4.20. The summed E-state index contributed by atoms with van der Waals surface area (Å²) in [7, 11) is 3.73. The van der Waals surface area contributed by atoms with Crippen LogP contribution in [0.25, 0.3) is 0 Å². The van der Waals surface area contributed by atoms with Crippen LogP contribution in [-0.2, 0) is 0 Å². The fourth-order valence-electron chi connectivity index (χ4n) is 1.67. The Hall–Kier alpha value is -1.39. The Labute approximate surface area is 102 Å². The van der Waals surface area contributed by atoms with Crippen molar-refractivity contribution in [2.45, 2.75) is 13.0 Å². The zero-order valence-electron chi connectivity index (χ0n) is 10.6. The number of ketones is 1. The first-order valence-electron chi connectivity index (χ1n) is 5.69. The summed E-state index contributed by atoms with van der Waals surface area (Å²) in [5.74, 6) is 0.0643. The number of hydrogen-bond acceptors (Lipinski definition) is 4. The van der Waals surface area contributed by atoms with Gasteiger partial charge in [0.05, 0.1) is 6.10 Å². The average Bonchev–Trinajstić information content (AvgIpc) is 2.29. The van der Waals surface area contributed by atoms with Crippen LogP contribution in [-0.4, -0.2) is 44.2 Å². The maximum Gasteiger partial charge on any atom is 0.159 e. The topological polar surface area (TPSA) is 52.6 Å². The molecule has 0 aliphatic rings. The molecule has 0 saturated carbocycles. The molecular formula is C13H20N2O2. The lowest BCUT2D eigenvalue weighted by molar-refractivity contribution is 0.101. The number of carbonyl (C=O) groups excluding carboxylic acids is 1. The van der Waals surface area contributed by atoms with E-state index in [2.05, 4.69) is 5.32 Å². The molecule has 0 aromatic heterocycles. The highest BCUT2D eigenvalue weighted by Crippen LogP contribution is 2.14. The molecule has 17 heavy (non-hydrogen) atoms. The number of hydrogen-bond donors (Lipinski definition) is 2. The van der Waals surface area contributed by atoms with E-state index in [9.17, 15) is 9.90 Å². The van der Waals surface area contributed by atoms with E-state index in [4.69, 9.17) is 0 Å². The van der Waals surface area contributed by atoms with Gasteiger partial charge in [-0.1, -0.05) is 0 Å². The molecule has 0 aliphatic heterocycles. The minimum absolute atomic E-state index is 0.0643. The molecule has 2 N–H and O–H groups in total. The van der Waals surface area contributed by atoms with Gasteiger partial charge in [0.2, 0.25) is 0 Å². The van der Waals surface area contributed by atoms with E-state index in [1.165, 1.54) is 0 Å². The van der Waals surface area contributed by atoms with Crippen LogP contribution in [0.4, 0.5) is 5.69 Å². The predicted molar refractivity (Wildman–Crippen MR) is 69.7 cm³/mol. The number of Topliss-reactive ketones (excluding diaryl/α,β-unsaturated/α-hetero) is 1. The van der Waals surface area contributed by atoms with Gasteiger partial charge in [-0.25, -0.2) is 0 Å². The number of nitrogens with one attached hydrogen (secondary N) is 1. The standard InChI is InChI=1S/C13H20N2O2/c1-10(16)11-4-6-12(7-5-11)15(3)9-13(17)8-14-2/h4-7,13-14,17H,8-9H2,1-3H3. The molecule has 0 heterocycles. The molecule has 1 aromatic carbocycles. The Kier molecular flexibility index (Phi) is 5.12.